The van der Waals surface area contributed by atoms with Gasteiger partial charge in [-0.2, -0.15) is 0 Å². The van der Waals surface area contributed by atoms with Crippen LogP contribution in [0.25, 0.3) is 0 Å². The monoisotopic (exact) mass is 244 g/mol. The number of methoxy groups -OCH3 is 1. The van der Waals surface area contributed by atoms with Crippen molar-refractivity contribution in [3.8, 4) is 5.75 Å². The molecule has 0 saturated carbocycles. The normalized spacial score (nSPS) is 12.4. The van der Waals surface area contributed by atoms with Crippen molar-refractivity contribution < 1.29 is 4.74 Å². The molecule has 0 aliphatic heterocycles. The van der Waals surface area contributed by atoms with Crippen molar-refractivity contribution in [1.29, 1.82) is 0 Å². The number of aromatic nitrogens is 1. The molecule has 1 aromatic heterocycles. The smallest absolute Gasteiger partial charge is 0.123 e. The molecular formula is C15H20N2O. The fourth-order valence-corrected chi connectivity index (χ4v) is 2.07. The van der Waals surface area contributed by atoms with E-state index in [4.69, 9.17) is 4.74 Å². The first-order chi connectivity index (χ1) is 8.70. The van der Waals surface area contributed by atoms with Gasteiger partial charge in [0.05, 0.1) is 7.11 Å². The molecule has 0 aliphatic rings. The molecule has 0 bridgehead atoms. The van der Waals surface area contributed by atoms with Crippen molar-refractivity contribution >= 4 is 0 Å². The highest BCUT2D eigenvalue weighted by atomic mass is 16.5. The molecule has 3 nitrogen and oxygen atoms in total. The maximum absolute atomic E-state index is 5.38. The van der Waals surface area contributed by atoms with Crippen molar-refractivity contribution in [2.24, 2.45) is 7.05 Å². The van der Waals surface area contributed by atoms with E-state index in [0.717, 1.165) is 12.3 Å². The minimum absolute atomic E-state index is 0.265. The maximum atomic E-state index is 5.38. The molecule has 0 saturated heterocycles. The molecular weight excluding hydrogens is 224 g/mol. The Labute approximate surface area is 108 Å². The van der Waals surface area contributed by atoms with Crippen LogP contribution in [0.2, 0.25) is 0 Å². The van der Waals surface area contributed by atoms with E-state index in [2.05, 4.69) is 41.3 Å². The van der Waals surface area contributed by atoms with Crippen LogP contribution in [-0.4, -0.2) is 11.7 Å². The summed E-state index contributed by atoms with van der Waals surface area (Å²) in [7, 11) is 3.75. The maximum Gasteiger partial charge on any atom is 0.123 e. The van der Waals surface area contributed by atoms with Crippen LogP contribution in [-0.2, 0) is 13.6 Å². The summed E-state index contributed by atoms with van der Waals surface area (Å²) < 4.78 is 7.44. The predicted octanol–water partition coefficient (Wildman–Crippen LogP) is 2.88. The Morgan fingerprint density at radius 3 is 2.72 bits per heavy atom. The number of benzene rings is 1. The highest BCUT2D eigenvalue weighted by Crippen LogP contribution is 2.24. The fraction of sp³-hybridized carbons (Fsp3) is 0.333. The Bertz CT molecular complexity index is 505. The predicted molar refractivity (Wildman–Crippen MR) is 73.7 cm³/mol. The van der Waals surface area contributed by atoms with Crippen LogP contribution >= 0.6 is 0 Å². The number of hydrogen-bond donors (Lipinski definition) is 1. The Morgan fingerprint density at radius 2 is 2.06 bits per heavy atom. The Morgan fingerprint density at radius 1 is 1.28 bits per heavy atom. The fourth-order valence-electron chi connectivity index (χ4n) is 2.07. The van der Waals surface area contributed by atoms with Crippen LogP contribution in [0.5, 0.6) is 5.75 Å². The molecule has 0 spiro atoms. The van der Waals surface area contributed by atoms with Crippen molar-refractivity contribution in [1.82, 2.24) is 9.88 Å². The first kappa shape index (κ1) is 12.7. The molecule has 2 rings (SSSR count). The topological polar surface area (TPSA) is 26.2 Å². The van der Waals surface area contributed by atoms with Gasteiger partial charge in [-0.3, -0.25) is 0 Å². The molecule has 2 aromatic rings. The number of para-hydroxylation sites is 1. The molecule has 0 radical (unpaired) electrons. The summed E-state index contributed by atoms with van der Waals surface area (Å²) in [4.78, 5) is 0. The summed E-state index contributed by atoms with van der Waals surface area (Å²) in [5, 5.41) is 3.51. The average molecular weight is 244 g/mol. The number of ether oxygens (including phenoxy) is 1. The summed E-state index contributed by atoms with van der Waals surface area (Å²) in [5.74, 6) is 0.936. The third-order valence-corrected chi connectivity index (χ3v) is 3.11. The van der Waals surface area contributed by atoms with Gasteiger partial charge in [0.15, 0.2) is 0 Å². The lowest BCUT2D eigenvalue weighted by atomic mass is 10.1. The van der Waals surface area contributed by atoms with E-state index in [1.807, 2.05) is 25.2 Å². The summed E-state index contributed by atoms with van der Waals surface area (Å²) in [6, 6.07) is 10.5. The van der Waals surface area contributed by atoms with E-state index < -0.39 is 0 Å². The van der Waals surface area contributed by atoms with Gasteiger partial charge in [-0.15, -0.1) is 0 Å². The lowest BCUT2D eigenvalue weighted by Gasteiger charge is -2.16. The lowest BCUT2D eigenvalue weighted by molar-refractivity contribution is 0.401. The number of nitrogens with one attached hydrogen (secondary N) is 1. The van der Waals surface area contributed by atoms with Gasteiger partial charge in [0.25, 0.3) is 0 Å². The lowest BCUT2D eigenvalue weighted by Crippen LogP contribution is -2.18. The highest BCUT2D eigenvalue weighted by Gasteiger charge is 2.10. The summed E-state index contributed by atoms with van der Waals surface area (Å²) in [5.41, 5.74) is 2.48. The van der Waals surface area contributed by atoms with Crippen molar-refractivity contribution in [2.45, 2.75) is 19.5 Å². The van der Waals surface area contributed by atoms with Crippen molar-refractivity contribution in [3.63, 3.8) is 0 Å². The Kier molecular flexibility index (Phi) is 4.05. The Balaban J connectivity index is 2.01. The molecule has 1 atom stereocenters. The van der Waals surface area contributed by atoms with Crippen LogP contribution in [0.4, 0.5) is 0 Å². The van der Waals surface area contributed by atoms with Crippen LogP contribution in [0, 0.1) is 0 Å². The molecule has 18 heavy (non-hydrogen) atoms. The van der Waals surface area contributed by atoms with Gasteiger partial charge in [-0.05, 0) is 24.6 Å². The average Bonchev–Trinajstić information content (AvgIpc) is 2.81. The van der Waals surface area contributed by atoms with Crippen LogP contribution in [0.1, 0.15) is 24.1 Å². The van der Waals surface area contributed by atoms with Gasteiger partial charge in [0.1, 0.15) is 5.75 Å². The van der Waals surface area contributed by atoms with E-state index in [1.165, 1.54) is 11.1 Å². The van der Waals surface area contributed by atoms with Crippen LogP contribution in [0.3, 0.4) is 0 Å². The number of hydrogen-bond acceptors (Lipinski definition) is 2. The summed E-state index contributed by atoms with van der Waals surface area (Å²) >= 11 is 0. The Hall–Kier alpha value is -1.74. The number of aryl methyl sites for hydroxylation is 1. The van der Waals surface area contributed by atoms with Gasteiger partial charge in [0.2, 0.25) is 0 Å². The van der Waals surface area contributed by atoms with E-state index >= 15 is 0 Å². The minimum Gasteiger partial charge on any atom is -0.496 e. The van der Waals surface area contributed by atoms with Crippen LogP contribution in [0.15, 0.2) is 42.7 Å². The first-order valence-electron chi connectivity index (χ1n) is 6.18. The van der Waals surface area contributed by atoms with Crippen molar-refractivity contribution in [3.05, 3.63) is 53.9 Å². The van der Waals surface area contributed by atoms with E-state index in [1.54, 1.807) is 7.11 Å². The second-order valence-corrected chi connectivity index (χ2v) is 4.53. The molecule has 1 heterocycles. The third-order valence-electron chi connectivity index (χ3n) is 3.11. The standard InChI is InChI=1S/C15H20N2O/c1-12(14-6-4-5-7-15(14)18-3)16-10-13-8-9-17(2)11-13/h4-9,11-12,16H,10H2,1-3H3/t12-/m0/s1. The van der Waals surface area contributed by atoms with Gasteiger partial charge < -0.3 is 14.6 Å². The molecule has 0 aliphatic carbocycles. The number of nitrogens with zero attached hydrogens (tertiary/aromatic N) is 1. The second kappa shape index (κ2) is 5.74. The molecule has 1 aromatic carbocycles. The van der Waals surface area contributed by atoms with E-state index in [0.29, 0.717) is 0 Å². The largest absolute Gasteiger partial charge is 0.496 e. The SMILES string of the molecule is COc1ccccc1[C@H](C)NCc1ccn(C)c1. The van der Waals surface area contributed by atoms with Gasteiger partial charge in [-0.25, -0.2) is 0 Å². The molecule has 0 fully saturated rings. The minimum atomic E-state index is 0.265. The molecule has 0 amide bonds. The molecule has 3 heteroatoms. The zero-order valence-electron chi connectivity index (χ0n) is 11.2. The third kappa shape index (κ3) is 2.93. The highest BCUT2D eigenvalue weighted by molar-refractivity contribution is 5.35. The molecule has 0 unspecified atom stereocenters. The molecule has 96 valence electrons. The molecule has 1 N–H and O–H groups in total. The number of rotatable bonds is 5. The van der Waals surface area contributed by atoms with E-state index in [-0.39, 0.29) is 6.04 Å². The van der Waals surface area contributed by atoms with Gasteiger partial charge in [-0.1, -0.05) is 18.2 Å². The summed E-state index contributed by atoms with van der Waals surface area (Å²) in [6.07, 6.45) is 4.19. The first-order valence-corrected chi connectivity index (χ1v) is 6.18. The summed E-state index contributed by atoms with van der Waals surface area (Å²) in [6.45, 7) is 3.01. The quantitative estimate of drug-likeness (QED) is 0.875. The zero-order valence-corrected chi connectivity index (χ0v) is 11.2. The van der Waals surface area contributed by atoms with Gasteiger partial charge >= 0.3 is 0 Å². The zero-order chi connectivity index (χ0) is 13.0. The van der Waals surface area contributed by atoms with Gasteiger partial charge in [0, 0.05) is 37.6 Å². The van der Waals surface area contributed by atoms with Crippen LogP contribution < -0.4 is 10.1 Å². The van der Waals surface area contributed by atoms with E-state index in [9.17, 15) is 0 Å². The second-order valence-electron chi connectivity index (χ2n) is 4.53. The van der Waals surface area contributed by atoms with Crippen molar-refractivity contribution in [2.75, 3.05) is 7.11 Å².